The molecule has 1 aliphatic rings. The van der Waals surface area contributed by atoms with Gasteiger partial charge in [0.2, 0.25) is 0 Å². The zero-order valence-electron chi connectivity index (χ0n) is 11.5. The van der Waals surface area contributed by atoms with Crippen molar-refractivity contribution in [2.45, 2.75) is 37.9 Å². The van der Waals surface area contributed by atoms with Crippen molar-refractivity contribution in [1.29, 1.82) is 0 Å². The van der Waals surface area contributed by atoms with Crippen molar-refractivity contribution in [2.24, 2.45) is 5.92 Å². The molecule has 0 saturated heterocycles. The van der Waals surface area contributed by atoms with Crippen molar-refractivity contribution < 1.29 is 13.2 Å². The van der Waals surface area contributed by atoms with Crippen molar-refractivity contribution in [2.75, 3.05) is 5.75 Å². The normalized spacial score (nSPS) is 23.5. The van der Waals surface area contributed by atoms with Crippen LogP contribution < -0.4 is 0 Å². The Bertz CT molecular complexity index is 578. The monoisotopic (exact) mass is 314 g/mol. The lowest BCUT2D eigenvalue weighted by atomic mass is 9.91. The van der Waals surface area contributed by atoms with Gasteiger partial charge in [0, 0.05) is 10.6 Å². The molecule has 0 heterocycles. The van der Waals surface area contributed by atoms with Crippen LogP contribution in [0.5, 0.6) is 0 Å². The van der Waals surface area contributed by atoms with Gasteiger partial charge in [0.15, 0.2) is 15.6 Å². The van der Waals surface area contributed by atoms with E-state index >= 15 is 0 Å². The lowest BCUT2D eigenvalue weighted by molar-refractivity contribution is 0.102. The number of sulfone groups is 1. The number of halogens is 1. The Morgan fingerprint density at radius 3 is 2.50 bits per heavy atom. The molecule has 0 radical (unpaired) electrons. The molecule has 3 nitrogen and oxygen atoms in total. The van der Waals surface area contributed by atoms with Crippen molar-refractivity contribution in [1.82, 2.24) is 0 Å². The molecule has 0 N–H and O–H groups in total. The van der Waals surface area contributed by atoms with Crippen LogP contribution in [-0.2, 0) is 9.84 Å². The van der Waals surface area contributed by atoms with Crippen molar-refractivity contribution >= 4 is 27.2 Å². The average Bonchev–Trinajstić information content (AvgIpc) is 2.39. The molecule has 5 heteroatoms. The topological polar surface area (TPSA) is 51.2 Å². The highest BCUT2D eigenvalue weighted by Gasteiger charge is 2.31. The van der Waals surface area contributed by atoms with E-state index in [1.807, 2.05) is 0 Å². The summed E-state index contributed by atoms with van der Waals surface area (Å²) in [4.78, 5) is 12.1. The largest absolute Gasteiger partial charge is 0.293 e. The molecule has 2 atom stereocenters. The van der Waals surface area contributed by atoms with E-state index in [4.69, 9.17) is 11.6 Å². The molecule has 0 spiro atoms. The highest BCUT2D eigenvalue weighted by atomic mass is 35.5. The molecule has 2 unspecified atom stereocenters. The quantitative estimate of drug-likeness (QED) is 0.799. The third kappa shape index (κ3) is 3.83. The Balaban J connectivity index is 2.07. The maximum atomic E-state index is 12.3. The van der Waals surface area contributed by atoms with E-state index in [0.29, 0.717) is 29.3 Å². The average molecular weight is 315 g/mol. The van der Waals surface area contributed by atoms with Crippen LogP contribution in [0.15, 0.2) is 24.3 Å². The zero-order chi connectivity index (χ0) is 14.8. The summed E-state index contributed by atoms with van der Waals surface area (Å²) in [5.74, 6) is -0.319. The van der Waals surface area contributed by atoms with E-state index in [1.54, 1.807) is 24.3 Å². The minimum Gasteiger partial charge on any atom is -0.293 e. The Hall–Kier alpha value is -0.870. The Labute approximate surface area is 125 Å². The molecule has 1 saturated carbocycles. The predicted octanol–water partition coefficient (Wildman–Crippen LogP) is 3.52. The SMILES string of the molecule is CC1CCCC(S(=O)(=O)CC(=O)c2ccc(Cl)cc2)C1. The first-order chi connectivity index (χ1) is 9.38. The van der Waals surface area contributed by atoms with Gasteiger partial charge < -0.3 is 0 Å². The fourth-order valence-electron chi connectivity index (χ4n) is 2.72. The van der Waals surface area contributed by atoms with Crippen LogP contribution >= 0.6 is 11.6 Å². The second-order valence-corrected chi connectivity index (χ2v) is 8.35. The van der Waals surface area contributed by atoms with E-state index in [1.165, 1.54) is 0 Å². The van der Waals surface area contributed by atoms with Gasteiger partial charge in [-0.1, -0.05) is 31.4 Å². The van der Waals surface area contributed by atoms with Crippen LogP contribution in [0.3, 0.4) is 0 Å². The first kappa shape index (κ1) is 15.5. The highest BCUT2D eigenvalue weighted by molar-refractivity contribution is 7.92. The minimum absolute atomic E-state index is 0.347. The van der Waals surface area contributed by atoms with Crippen LogP contribution in [0, 0.1) is 5.92 Å². The second-order valence-electron chi connectivity index (χ2n) is 5.63. The standard InChI is InChI=1S/C15H19ClO3S/c1-11-3-2-4-14(9-11)20(18,19)10-15(17)12-5-7-13(16)8-6-12/h5-8,11,14H,2-4,9-10H2,1H3. The second kappa shape index (κ2) is 6.27. The van der Waals surface area contributed by atoms with E-state index in [-0.39, 0.29) is 11.0 Å². The Morgan fingerprint density at radius 2 is 1.90 bits per heavy atom. The molecule has 110 valence electrons. The predicted molar refractivity (Wildman–Crippen MR) is 81.0 cm³/mol. The van der Waals surface area contributed by atoms with Crippen LogP contribution in [-0.4, -0.2) is 25.2 Å². The summed E-state index contributed by atoms with van der Waals surface area (Å²) in [5.41, 5.74) is 0.404. The van der Waals surface area contributed by atoms with Gasteiger partial charge in [-0.25, -0.2) is 8.42 Å². The molecule has 0 aromatic heterocycles. The molecule has 0 amide bonds. The summed E-state index contributed by atoms with van der Waals surface area (Å²) < 4.78 is 24.7. The smallest absolute Gasteiger partial charge is 0.177 e. The lowest BCUT2D eigenvalue weighted by Crippen LogP contribution is -2.32. The van der Waals surface area contributed by atoms with Gasteiger partial charge in [-0.05, 0) is 43.0 Å². The number of carbonyl (C=O) groups is 1. The van der Waals surface area contributed by atoms with E-state index in [0.717, 1.165) is 12.8 Å². The van der Waals surface area contributed by atoms with Gasteiger partial charge in [0.05, 0.1) is 5.25 Å². The third-order valence-electron chi connectivity index (χ3n) is 3.89. The first-order valence-electron chi connectivity index (χ1n) is 6.89. The van der Waals surface area contributed by atoms with E-state index in [2.05, 4.69) is 6.92 Å². The summed E-state index contributed by atoms with van der Waals surface area (Å²) in [6.07, 6.45) is 3.37. The van der Waals surface area contributed by atoms with E-state index < -0.39 is 15.6 Å². The van der Waals surface area contributed by atoms with Gasteiger partial charge in [-0.3, -0.25) is 4.79 Å². The summed E-state index contributed by atoms with van der Waals surface area (Å²) in [6, 6.07) is 6.35. The number of benzene rings is 1. The molecule has 20 heavy (non-hydrogen) atoms. The molecule has 2 rings (SSSR count). The van der Waals surface area contributed by atoms with Gasteiger partial charge in [0.1, 0.15) is 5.75 Å². The fraction of sp³-hybridized carbons (Fsp3) is 0.533. The van der Waals surface area contributed by atoms with Crippen LogP contribution in [0.2, 0.25) is 5.02 Å². The van der Waals surface area contributed by atoms with Crippen molar-refractivity contribution in [3.8, 4) is 0 Å². The van der Waals surface area contributed by atoms with E-state index in [9.17, 15) is 13.2 Å². The van der Waals surface area contributed by atoms with Gasteiger partial charge in [0.25, 0.3) is 0 Å². The molecule has 0 bridgehead atoms. The van der Waals surface area contributed by atoms with Crippen molar-refractivity contribution in [3.63, 3.8) is 0 Å². The number of hydrogen-bond donors (Lipinski definition) is 0. The number of Topliss-reactive ketones (excluding diaryl/α,β-unsaturated/α-hetero) is 1. The maximum absolute atomic E-state index is 12.3. The van der Waals surface area contributed by atoms with Gasteiger partial charge in [-0.2, -0.15) is 0 Å². The van der Waals surface area contributed by atoms with Crippen LogP contribution in [0.4, 0.5) is 0 Å². The summed E-state index contributed by atoms with van der Waals surface area (Å²) in [7, 11) is -3.36. The maximum Gasteiger partial charge on any atom is 0.177 e. The molecular formula is C15H19ClO3S. The number of carbonyl (C=O) groups excluding carboxylic acids is 1. The summed E-state index contributed by atoms with van der Waals surface area (Å²) >= 11 is 5.76. The molecule has 1 aromatic rings. The molecule has 1 aliphatic carbocycles. The molecule has 0 aliphatic heterocycles. The molecule has 1 aromatic carbocycles. The minimum atomic E-state index is -3.36. The number of rotatable bonds is 4. The number of hydrogen-bond acceptors (Lipinski definition) is 3. The zero-order valence-corrected chi connectivity index (χ0v) is 13.1. The Morgan fingerprint density at radius 1 is 1.25 bits per heavy atom. The Kier molecular flexibility index (Phi) is 4.86. The lowest BCUT2D eigenvalue weighted by Gasteiger charge is -2.26. The fourth-order valence-corrected chi connectivity index (χ4v) is 4.77. The molecular weight excluding hydrogens is 296 g/mol. The molecule has 1 fully saturated rings. The number of ketones is 1. The van der Waals surface area contributed by atoms with Gasteiger partial charge in [-0.15, -0.1) is 0 Å². The summed E-state index contributed by atoms with van der Waals surface area (Å²) in [5, 5.41) is 0.174. The highest BCUT2D eigenvalue weighted by Crippen LogP contribution is 2.29. The summed E-state index contributed by atoms with van der Waals surface area (Å²) in [6.45, 7) is 2.07. The first-order valence-corrected chi connectivity index (χ1v) is 8.98. The van der Waals surface area contributed by atoms with Crippen molar-refractivity contribution in [3.05, 3.63) is 34.9 Å². The van der Waals surface area contributed by atoms with Crippen LogP contribution in [0.25, 0.3) is 0 Å². The third-order valence-corrected chi connectivity index (χ3v) is 6.26. The van der Waals surface area contributed by atoms with Crippen LogP contribution in [0.1, 0.15) is 43.0 Å². The van der Waals surface area contributed by atoms with Gasteiger partial charge >= 0.3 is 0 Å².